The number of aromatic nitrogens is 5. The summed E-state index contributed by atoms with van der Waals surface area (Å²) >= 11 is 0. The summed E-state index contributed by atoms with van der Waals surface area (Å²) in [5.74, 6) is -1.24. The topological polar surface area (TPSA) is 86.3 Å². The van der Waals surface area contributed by atoms with Gasteiger partial charge in [-0.15, -0.1) is 0 Å². The van der Waals surface area contributed by atoms with Crippen LogP contribution < -0.4 is 10.1 Å². The molecule has 0 radical (unpaired) electrons. The van der Waals surface area contributed by atoms with Crippen molar-refractivity contribution in [3.63, 3.8) is 0 Å². The maximum Gasteiger partial charge on any atom is 0.272 e. The number of rotatable bonds is 6. The fraction of sp³-hybridized carbons (Fsp3) is 0.0833. The van der Waals surface area contributed by atoms with E-state index in [4.69, 9.17) is 4.74 Å². The van der Waals surface area contributed by atoms with Crippen molar-refractivity contribution in [1.29, 1.82) is 0 Å². The molecule has 3 aromatic heterocycles. The average molecular weight is 460 g/mol. The molecule has 0 unspecified atom stereocenters. The molecule has 0 aliphatic carbocycles. The molecule has 0 fully saturated rings. The van der Waals surface area contributed by atoms with Crippen LogP contribution in [-0.4, -0.2) is 37.2 Å². The largest absolute Gasteiger partial charge is 0.497 e. The number of methoxy groups -OCH3 is 1. The second-order valence-corrected chi connectivity index (χ2v) is 7.38. The zero-order valence-corrected chi connectivity index (χ0v) is 17.9. The Morgan fingerprint density at radius 3 is 2.79 bits per heavy atom. The van der Waals surface area contributed by atoms with Gasteiger partial charge in [-0.2, -0.15) is 5.10 Å². The predicted molar refractivity (Wildman–Crippen MR) is 120 cm³/mol. The number of nitrogens with one attached hydrogen (secondary N) is 1. The van der Waals surface area contributed by atoms with E-state index in [1.165, 1.54) is 12.3 Å². The van der Waals surface area contributed by atoms with E-state index in [0.29, 0.717) is 28.3 Å². The lowest BCUT2D eigenvalue weighted by atomic mass is 10.2. The van der Waals surface area contributed by atoms with Gasteiger partial charge in [-0.05, 0) is 35.9 Å². The third-order valence-corrected chi connectivity index (χ3v) is 5.27. The smallest absolute Gasteiger partial charge is 0.272 e. The summed E-state index contributed by atoms with van der Waals surface area (Å²) in [4.78, 5) is 21.7. The number of fused-ring (bicyclic) bond motifs is 1. The minimum Gasteiger partial charge on any atom is -0.497 e. The second kappa shape index (κ2) is 8.74. The average Bonchev–Trinajstić information content (AvgIpc) is 3.49. The lowest BCUT2D eigenvalue weighted by Gasteiger charge is -2.08. The van der Waals surface area contributed by atoms with E-state index in [9.17, 15) is 13.6 Å². The third-order valence-electron chi connectivity index (χ3n) is 5.27. The number of halogens is 2. The Bertz CT molecular complexity index is 1510. The van der Waals surface area contributed by atoms with Gasteiger partial charge >= 0.3 is 0 Å². The van der Waals surface area contributed by atoms with Crippen LogP contribution in [0.4, 0.5) is 8.78 Å². The molecular weight excluding hydrogens is 442 g/mol. The Kier molecular flexibility index (Phi) is 5.46. The minimum absolute atomic E-state index is 0.00634. The van der Waals surface area contributed by atoms with E-state index < -0.39 is 17.5 Å². The van der Waals surface area contributed by atoms with Crippen LogP contribution in [0.5, 0.6) is 5.75 Å². The maximum atomic E-state index is 13.5. The van der Waals surface area contributed by atoms with Crippen LogP contribution in [0.2, 0.25) is 0 Å². The molecule has 170 valence electrons. The van der Waals surface area contributed by atoms with Gasteiger partial charge in [0.1, 0.15) is 11.4 Å². The summed E-state index contributed by atoms with van der Waals surface area (Å²) in [6.07, 6.45) is 6.47. The van der Waals surface area contributed by atoms with Crippen LogP contribution in [0.1, 0.15) is 16.1 Å². The lowest BCUT2D eigenvalue weighted by Crippen LogP contribution is -2.23. The SMILES string of the molecule is COc1cccc(-n2nccc2-c2nc(C(=O)NCc3ccc(F)c(F)c3)c3cnccn23)c1. The molecule has 0 aliphatic heterocycles. The van der Waals surface area contributed by atoms with Gasteiger partial charge in [0.2, 0.25) is 0 Å². The first-order valence-electron chi connectivity index (χ1n) is 10.3. The van der Waals surface area contributed by atoms with Gasteiger partial charge in [-0.3, -0.25) is 14.2 Å². The van der Waals surface area contributed by atoms with Gasteiger partial charge < -0.3 is 10.1 Å². The van der Waals surface area contributed by atoms with Gasteiger partial charge in [0.25, 0.3) is 5.91 Å². The van der Waals surface area contributed by atoms with Gasteiger partial charge in [-0.25, -0.2) is 18.4 Å². The lowest BCUT2D eigenvalue weighted by molar-refractivity contribution is 0.0948. The number of carbonyl (C=O) groups is 1. The highest BCUT2D eigenvalue weighted by molar-refractivity contribution is 5.99. The molecule has 5 rings (SSSR count). The Hall–Kier alpha value is -4.60. The van der Waals surface area contributed by atoms with Crippen molar-refractivity contribution >= 4 is 11.4 Å². The Morgan fingerprint density at radius 1 is 1.09 bits per heavy atom. The normalized spacial score (nSPS) is 11.0. The van der Waals surface area contributed by atoms with Crippen molar-refractivity contribution in [2.24, 2.45) is 0 Å². The number of hydrogen-bond donors (Lipinski definition) is 1. The number of imidazole rings is 1. The van der Waals surface area contributed by atoms with Crippen molar-refractivity contribution < 1.29 is 18.3 Å². The number of ether oxygens (including phenoxy) is 1. The van der Waals surface area contributed by atoms with E-state index in [2.05, 4.69) is 20.4 Å². The van der Waals surface area contributed by atoms with E-state index in [1.807, 2.05) is 24.3 Å². The molecule has 2 aromatic carbocycles. The molecule has 0 aliphatic rings. The van der Waals surface area contributed by atoms with Crippen LogP contribution >= 0.6 is 0 Å². The summed E-state index contributed by atoms with van der Waals surface area (Å²) in [5.41, 5.74) is 2.46. The quantitative estimate of drug-likeness (QED) is 0.417. The maximum absolute atomic E-state index is 13.5. The van der Waals surface area contributed by atoms with Crippen LogP contribution in [0.25, 0.3) is 22.7 Å². The zero-order valence-electron chi connectivity index (χ0n) is 17.9. The Balaban J connectivity index is 1.51. The molecular formula is C24H18F2N6O2. The van der Waals surface area contributed by atoms with Crippen molar-refractivity contribution in [2.75, 3.05) is 7.11 Å². The molecule has 1 N–H and O–H groups in total. The van der Waals surface area contributed by atoms with Gasteiger partial charge in [-0.1, -0.05) is 12.1 Å². The summed E-state index contributed by atoms with van der Waals surface area (Å²) < 4.78 is 35.4. The van der Waals surface area contributed by atoms with Crippen LogP contribution in [0.3, 0.4) is 0 Å². The fourth-order valence-electron chi connectivity index (χ4n) is 3.62. The molecule has 34 heavy (non-hydrogen) atoms. The van der Waals surface area contributed by atoms with E-state index in [1.54, 1.807) is 40.8 Å². The number of amides is 1. The van der Waals surface area contributed by atoms with Gasteiger partial charge in [0.15, 0.2) is 23.2 Å². The van der Waals surface area contributed by atoms with Crippen molar-refractivity contribution in [1.82, 2.24) is 29.5 Å². The van der Waals surface area contributed by atoms with Crippen molar-refractivity contribution in [3.8, 4) is 23.0 Å². The molecule has 8 nitrogen and oxygen atoms in total. The molecule has 0 saturated carbocycles. The first kappa shape index (κ1) is 21.3. The van der Waals surface area contributed by atoms with E-state index in [-0.39, 0.29) is 12.2 Å². The van der Waals surface area contributed by atoms with Crippen molar-refractivity contribution in [3.05, 3.63) is 96.2 Å². The number of benzene rings is 2. The van der Waals surface area contributed by atoms with Gasteiger partial charge in [0, 0.05) is 25.0 Å². The molecule has 0 bridgehead atoms. The first-order valence-corrected chi connectivity index (χ1v) is 10.3. The number of carbonyl (C=O) groups excluding carboxylic acids is 1. The summed E-state index contributed by atoms with van der Waals surface area (Å²) in [6.45, 7) is 0.00634. The Labute approximate surface area is 192 Å². The van der Waals surface area contributed by atoms with E-state index >= 15 is 0 Å². The summed E-state index contributed by atoms with van der Waals surface area (Å²) in [5, 5.41) is 7.12. The highest BCUT2D eigenvalue weighted by atomic mass is 19.2. The number of nitrogens with zero attached hydrogens (tertiary/aromatic N) is 5. The highest BCUT2D eigenvalue weighted by Crippen LogP contribution is 2.26. The molecule has 0 saturated heterocycles. The molecule has 5 aromatic rings. The highest BCUT2D eigenvalue weighted by Gasteiger charge is 2.21. The molecule has 3 heterocycles. The Morgan fingerprint density at radius 2 is 1.97 bits per heavy atom. The summed E-state index contributed by atoms with van der Waals surface area (Å²) in [6, 6.07) is 12.7. The number of hydrogen-bond acceptors (Lipinski definition) is 5. The monoisotopic (exact) mass is 460 g/mol. The molecule has 1 amide bonds. The second-order valence-electron chi connectivity index (χ2n) is 7.38. The third kappa shape index (κ3) is 3.85. The zero-order chi connectivity index (χ0) is 23.7. The standard InChI is InChI=1S/C24H18F2N6O2/c1-34-17-4-2-3-16(12-17)32-20(7-8-29-32)23-30-22(21-14-27-9-10-31(21)23)24(33)28-13-15-5-6-18(25)19(26)11-15/h2-12,14H,13H2,1H3,(H,28,33). The molecule has 0 spiro atoms. The molecule has 10 heteroatoms. The van der Waals surface area contributed by atoms with Crippen molar-refractivity contribution in [2.45, 2.75) is 6.54 Å². The van der Waals surface area contributed by atoms with Gasteiger partial charge in [0.05, 0.1) is 30.7 Å². The fourth-order valence-corrected chi connectivity index (χ4v) is 3.62. The predicted octanol–water partition coefficient (Wildman–Crippen LogP) is 3.80. The minimum atomic E-state index is -0.975. The molecule has 0 atom stereocenters. The van der Waals surface area contributed by atoms with E-state index in [0.717, 1.165) is 17.8 Å². The first-order chi connectivity index (χ1) is 16.5. The van der Waals surface area contributed by atoms with Crippen LogP contribution in [-0.2, 0) is 6.54 Å². The van der Waals surface area contributed by atoms with Crippen LogP contribution in [0, 0.1) is 11.6 Å². The van der Waals surface area contributed by atoms with Crippen LogP contribution in [0.15, 0.2) is 73.3 Å². The summed E-state index contributed by atoms with van der Waals surface area (Å²) in [7, 11) is 1.59.